The van der Waals surface area contributed by atoms with Crippen molar-refractivity contribution in [2.45, 2.75) is 51.2 Å². The predicted molar refractivity (Wildman–Crippen MR) is 92.9 cm³/mol. The van der Waals surface area contributed by atoms with E-state index in [4.69, 9.17) is 4.74 Å². The fourth-order valence-electron chi connectivity index (χ4n) is 3.77. The zero-order valence-electron chi connectivity index (χ0n) is 15.4. The van der Waals surface area contributed by atoms with Crippen molar-refractivity contribution in [2.75, 3.05) is 39.9 Å². The van der Waals surface area contributed by atoms with Crippen LogP contribution in [0.4, 0.5) is 0 Å². The molecule has 2 fully saturated rings. The van der Waals surface area contributed by atoms with E-state index in [1.54, 1.807) is 0 Å². The lowest BCUT2D eigenvalue weighted by Gasteiger charge is -2.37. The quantitative estimate of drug-likeness (QED) is 0.604. The van der Waals surface area contributed by atoms with Crippen molar-refractivity contribution in [3.05, 3.63) is 0 Å². The minimum absolute atomic E-state index is 0.00908. The Balaban J connectivity index is 1.91. The van der Waals surface area contributed by atoms with Gasteiger partial charge in [-0.25, -0.2) is 0 Å². The van der Waals surface area contributed by atoms with Gasteiger partial charge in [-0.2, -0.15) is 0 Å². The second-order valence-corrected chi connectivity index (χ2v) is 6.65. The average Bonchev–Trinajstić information content (AvgIpc) is 3.00. The molecule has 0 aromatic rings. The molecule has 0 spiro atoms. The zero-order chi connectivity index (χ0) is 18.4. The fraction of sp³-hybridized carbons (Fsp3) is 0.824. The topological polar surface area (TPSA) is 91.0 Å². The first-order valence-electron chi connectivity index (χ1n) is 9.09. The fourth-order valence-corrected chi connectivity index (χ4v) is 3.77. The van der Waals surface area contributed by atoms with Crippen molar-refractivity contribution >= 4 is 17.7 Å². The molecule has 25 heavy (non-hydrogen) atoms. The zero-order valence-corrected chi connectivity index (χ0v) is 15.4. The van der Waals surface area contributed by atoms with Crippen LogP contribution in [0, 0.1) is 0 Å². The third-order valence-electron chi connectivity index (χ3n) is 5.07. The molecule has 0 saturated carbocycles. The molecular formula is C17H30N4O4. The van der Waals surface area contributed by atoms with Crippen LogP contribution >= 0.6 is 0 Å². The van der Waals surface area contributed by atoms with Crippen molar-refractivity contribution in [3.8, 4) is 0 Å². The predicted octanol–water partition coefficient (Wildman–Crippen LogP) is -0.661. The molecule has 0 aliphatic carbocycles. The van der Waals surface area contributed by atoms with Crippen LogP contribution in [0.5, 0.6) is 0 Å². The van der Waals surface area contributed by atoms with Gasteiger partial charge in [0.15, 0.2) is 0 Å². The largest absolute Gasteiger partial charge is 0.375 e. The molecule has 142 valence electrons. The Kier molecular flexibility index (Phi) is 7.19. The van der Waals surface area contributed by atoms with E-state index in [0.717, 1.165) is 13.1 Å². The molecule has 0 aromatic carbocycles. The van der Waals surface area contributed by atoms with Crippen LogP contribution in [-0.4, -0.2) is 85.5 Å². The highest BCUT2D eigenvalue weighted by Crippen LogP contribution is 2.26. The van der Waals surface area contributed by atoms with Gasteiger partial charge in [0.2, 0.25) is 17.7 Å². The van der Waals surface area contributed by atoms with Gasteiger partial charge < -0.3 is 20.3 Å². The SMILES string of the molecule is CCN(CC)C(=O)CCC1CNC(=O)C2CC(NC(=O)COC)CN12. The minimum atomic E-state index is -0.227. The minimum Gasteiger partial charge on any atom is -0.375 e. The number of nitrogens with zero attached hydrogens (tertiary/aromatic N) is 2. The molecule has 2 aliphatic heterocycles. The molecule has 2 saturated heterocycles. The number of methoxy groups -OCH3 is 1. The lowest BCUT2D eigenvalue weighted by molar-refractivity contribution is -0.132. The van der Waals surface area contributed by atoms with E-state index >= 15 is 0 Å². The summed E-state index contributed by atoms with van der Waals surface area (Å²) in [6.07, 6.45) is 1.79. The maximum absolute atomic E-state index is 12.2. The standard InChI is InChI=1S/C17H30N4O4/c1-4-20(5-2)16(23)7-6-13-9-18-17(24)14-8-12(10-21(13)14)19-15(22)11-25-3/h12-14H,4-11H2,1-3H3,(H,18,24)(H,19,22). The summed E-state index contributed by atoms with van der Waals surface area (Å²) in [5.41, 5.74) is 0. The van der Waals surface area contributed by atoms with Crippen LogP contribution in [0.2, 0.25) is 0 Å². The lowest BCUT2D eigenvalue weighted by Crippen LogP contribution is -2.58. The normalized spacial score (nSPS) is 26.0. The Bertz CT molecular complexity index is 495. The van der Waals surface area contributed by atoms with E-state index in [-0.39, 0.29) is 42.5 Å². The molecule has 3 unspecified atom stereocenters. The number of hydrogen-bond acceptors (Lipinski definition) is 5. The van der Waals surface area contributed by atoms with Crippen LogP contribution in [-0.2, 0) is 19.1 Å². The Morgan fingerprint density at radius 1 is 1.36 bits per heavy atom. The van der Waals surface area contributed by atoms with Crippen LogP contribution in [0.1, 0.15) is 33.1 Å². The summed E-state index contributed by atoms with van der Waals surface area (Å²) in [6.45, 7) is 6.61. The highest BCUT2D eigenvalue weighted by atomic mass is 16.5. The molecule has 8 heteroatoms. The number of carbonyl (C=O) groups is 3. The van der Waals surface area contributed by atoms with Crippen LogP contribution in [0.3, 0.4) is 0 Å². The van der Waals surface area contributed by atoms with Crippen molar-refractivity contribution < 1.29 is 19.1 Å². The van der Waals surface area contributed by atoms with Gasteiger partial charge in [-0.1, -0.05) is 0 Å². The number of amides is 3. The number of hydrogen-bond donors (Lipinski definition) is 2. The Hall–Kier alpha value is -1.67. The summed E-state index contributed by atoms with van der Waals surface area (Å²) >= 11 is 0. The summed E-state index contributed by atoms with van der Waals surface area (Å²) in [5, 5.41) is 5.86. The van der Waals surface area contributed by atoms with Gasteiger partial charge >= 0.3 is 0 Å². The number of fused-ring (bicyclic) bond motifs is 1. The third-order valence-corrected chi connectivity index (χ3v) is 5.07. The monoisotopic (exact) mass is 354 g/mol. The van der Waals surface area contributed by atoms with Crippen LogP contribution < -0.4 is 10.6 Å². The molecule has 2 heterocycles. The summed E-state index contributed by atoms with van der Waals surface area (Å²) in [7, 11) is 1.48. The van der Waals surface area contributed by atoms with Crippen molar-refractivity contribution in [3.63, 3.8) is 0 Å². The summed E-state index contributed by atoms with van der Waals surface area (Å²) in [5.74, 6) is -0.00146. The highest BCUT2D eigenvalue weighted by Gasteiger charge is 2.43. The van der Waals surface area contributed by atoms with E-state index in [0.29, 0.717) is 32.4 Å². The first-order valence-corrected chi connectivity index (χ1v) is 9.09. The van der Waals surface area contributed by atoms with Gasteiger partial charge in [-0.3, -0.25) is 19.3 Å². The number of rotatable bonds is 8. The van der Waals surface area contributed by atoms with Crippen LogP contribution in [0.15, 0.2) is 0 Å². The molecule has 2 rings (SSSR count). The maximum Gasteiger partial charge on any atom is 0.246 e. The molecule has 0 radical (unpaired) electrons. The summed E-state index contributed by atoms with van der Waals surface area (Å²) in [6, 6.07) is -0.154. The Morgan fingerprint density at radius 2 is 2.08 bits per heavy atom. The van der Waals surface area contributed by atoms with Gasteiger partial charge in [0, 0.05) is 51.8 Å². The number of carbonyl (C=O) groups excluding carboxylic acids is 3. The van der Waals surface area contributed by atoms with E-state index < -0.39 is 0 Å². The van der Waals surface area contributed by atoms with Crippen molar-refractivity contribution in [2.24, 2.45) is 0 Å². The first-order chi connectivity index (χ1) is 12.0. The molecule has 3 atom stereocenters. The smallest absolute Gasteiger partial charge is 0.246 e. The lowest BCUT2D eigenvalue weighted by atomic mass is 10.0. The van der Waals surface area contributed by atoms with Gasteiger partial charge in [0.05, 0.1) is 6.04 Å². The number of nitrogens with one attached hydrogen (secondary N) is 2. The van der Waals surface area contributed by atoms with E-state index in [2.05, 4.69) is 15.5 Å². The van der Waals surface area contributed by atoms with Gasteiger partial charge in [-0.05, 0) is 26.7 Å². The second kappa shape index (κ2) is 9.15. The van der Waals surface area contributed by atoms with Gasteiger partial charge in [0.1, 0.15) is 6.61 Å². The summed E-state index contributed by atoms with van der Waals surface area (Å²) < 4.78 is 4.84. The number of piperazine rings is 1. The summed E-state index contributed by atoms with van der Waals surface area (Å²) in [4.78, 5) is 40.1. The first kappa shape index (κ1) is 19.7. The van der Waals surface area contributed by atoms with Crippen molar-refractivity contribution in [1.82, 2.24) is 20.4 Å². The van der Waals surface area contributed by atoms with E-state index in [1.165, 1.54) is 7.11 Å². The third kappa shape index (κ3) is 4.92. The van der Waals surface area contributed by atoms with Gasteiger partial charge in [-0.15, -0.1) is 0 Å². The Morgan fingerprint density at radius 3 is 2.72 bits per heavy atom. The van der Waals surface area contributed by atoms with Crippen molar-refractivity contribution in [1.29, 1.82) is 0 Å². The molecule has 2 aliphatic rings. The Labute approximate surface area is 149 Å². The molecule has 2 N–H and O–H groups in total. The molecule has 0 aromatic heterocycles. The van der Waals surface area contributed by atoms with E-state index in [1.807, 2.05) is 18.7 Å². The van der Waals surface area contributed by atoms with Crippen LogP contribution in [0.25, 0.3) is 0 Å². The maximum atomic E-state index is 12.2. The highest BCUT2D eigenvalue weighted by molar-refractivity contribution is 5.84. The average molecular weight is 354 g/mol. The molecule has 8 nitrogen and oxygen atoms in total. The van der Waals surface area contributed by atoms with Gasteiger partial charge in [0.25, 0.3) is 0 Å². The van der Waals surface area contributed by atoms with E-state index in [9.17, 15) is 14.4 Å². The molecule has 3 amide bonds. The number of ether oxygens (including phenoxy) is 1. The molecule has 0 bridgehead atoms. The molecular weight excluding hydrogens is 324 g/mol. The second-order valence-electron chi connectivity index (χ2n) is 6.65.